The van der Waals surface area contributed by atoms with Crippen LogP contribution in [0.25, 0.3) is 0 Å². The van der Waals surface area contributed by atoms with Crippen LogP contribution < -0.4 is 5.32 Å². The molecule has 92 valence electrons. The monoisotopic (exact) mass is 261 g/mol. The number of carbonyl (C=O) groups excluding carboxylic acids is 1. The Morgan fingerprint density at radius 1 is 1.47 bits per heavy atom. The van der Waals surface area contributed by atoms with E-state index in [0.29, 0.717) is 17.7 Å². The first-order chi connectivity index (χ1) is 8.08. The number of benzene rings is 1. The van der Waals surface area contributed by atoms with E-state index >= 15 is 0 Å². The summed E-state index contributed by atoms with van der Waals surface area (Å²) in [6, 6.07) is 3.69. The highest BCUT2D eigenvalue weighted by atomic mass is 32.2. The molecule has 0 aliphatic carbocycles. The fourth-order valence-electron chi connectivity index (χ4n) is 1.75. The molecule has 1 unspecified atom stereocenters. The van der Waals surface area contributed by atoms with Gasteiger partial charge < -0.3 is 5.32 Å². The lowest BCUT2D eigenvalue weighted by Crippen LogP contribution is -2.34. The summed E-state index contributed by atoms with van der Waals surface area (Å²) in [7, 11) is 0. The van der Waals surface area contributed by atoms with E-state index in [2.05, 4.69) is 5.32 Å². The fraction of sp³-hybridized carbons (Fsp3) is 0.364. The molecule has 0 aromatic heterocycles. The summed E-state index contributed by atoms with van der Waals surface area (Å²) in [5.41, 5.74) is 0.579. The average molecular weight is 261 g/mol. The number of rotatable bonds is 2. The van der Waals surface area contributed by atoms with E-state index in [-0.39, 0.29) is 0 Å². The Kier molecular flexibility index (Phi) is 3.61. The second-order valence-electron chi connectivity index (χ2n) is 3.68. The van der Waals surface area contributed by atoms with Crippen LogP contribution in [0.5, 0.6) is 0 Å². The van der Waals surface area contributed by atoms with Gasteiger partial charge >= 0.3 is 6.43 Å². The number of halogens is 3. The maximum Gasteiger partial charge on any atom is 0.315 e. The Bertz CT molecular complexity index is 439. The fourth-order valence-corrected chi connectivity index (χ4v) is 2.86. The molecule has 1 aliphatic heterocycles. The van der Waals surface area contributed by atoms with Crippen LogP contribution in [0.15, 0.2) is 23.1 Å². The lowest BCUT2D eigenvalue weighted by atomic mass is 10.0. The van der Waals surface area contributed by atoms with Crippen LogP contribution in [0.3, 0.4) is 0 Å². The Balaban J connectivity index is 2.22. The van der Waals surface area contributed by atoms with Crippen molar-refractivity contribution in [3.05, 3.63) is 29.6 Å². The summed E-state index contributed by atoms with van der Waals surface area (Å²) in [4.78, 5) is 11.8. The van der Waals surface area contributed by atoms with Gasteiger partial charge in [0.15, 0.2) is 0 Å². The lowest BCUT2D eigenvalue weighted by Gasteiger charge is -2.25. The highest BCUT2D eigenvalue weighted by molar-refractivity contribution is 7.99. The molecular formula is C11H10F3NOS. The maximum absolute atomic E-state index is 13.1. The molecule has 1 amide bonds. The van der Waals surface area contributed by atoms with Gasteiger partial charge in [-0.15, -0.1) is 11.8 Å². The maximum atomic E-state index is 13.1. The zero-order valence-electron chi connectivity index (χ0n) is 8.75. The molecular weight excluding hydrogens is 251 g/mol. The summed E-state index contributed by atoms with van der Waals surface area (Å²) in [6.07, 6.45) is -2.51. The van der Waals surface area contributed by atoms with Crippen molar-refractivity contribution in [2.45, 2.75) is 23.8 Å². The minimum absolute atomic E-state index is 0.428. The zero-order valence-corrected chi connectivity index (χ0v) is 9.57. The largest absolute Gasteiger partial charge is 0.344 e. The number of thioether (sulfide) groups is 1. The molecule has 2 rings (SSSR count). The Morgan fingerprint density at radius 3 is 2.94 bits per heavy atom. The summed E-state index contributed by atoms with van der Waals surface area (Å²) in [5, 5.41) is 2.23. The summed E-state index contributed by atoms with van der Waals surface area (Å²) in [5.74, 6) is -1.02. The molecule has 1 heterocycles. The number of hydrogen-bond donors (Lipinski definition) is 1. The van der Waals surface area contributed by atoms with Crippen molar-refractivity contribution in [1.82, 2.24) is 5.32 Å². The molecule has 1 aliphatic rings. The number of nitrogens with one attached hydrogen (secondary N) is 1. The first-order valence-corrected chi connectivity index (χ1v) is 6.07. The van der Waals surface area contributed by atoms with Gasteiger partial charge in [-0.25, -0.2) is 4.39 Å². The smallest absolute Gasteiger partial charge is 0.315 e. The Labute approximate surface area is 101 Å². The lowest BCUT2D eigenvalue weighted by molar-refractivity contribution is -0.132. The van der Waals surface area contributed by atoms with Gasteiger partial charge in [-0.3, -0.25) is 4.79 Å². The van der Waals surface area contributed by atoms with E-state index in [9.17, 15) is 18.0 Å². The molecule has 6 heteroatoms. The van der Waals surface area contributed by atoms with Gasteiger partial charge in [-0.1, -0.05) is 0 Å². The SMILES string of the molecule is O=C(NC1CCSc2ccc(F)cc21)C(F)F. The molecule has 1 aromatic carbocycles. The number of fused-ring (bicyclic) bond motifs is 1. The van der Waals surface area contributed by atoms with Crippen molar-refractivity contribution in [2.24, 2.45) is 0 Å². The van der Waals surface area contributed by atoms with E-state index in [0.717, 1.165) is 4.90 Å². The molecule has 2 nitrogen and oxygen atoms in total. The molecule has 0 spiro atoms. The van der Waals surface area contributed by atoms with Gasteiger partial charge in [0.25, 0.3) is 5.91 Å². The Hall–Kier alpha value is -1.17. The predicted molar refractivity (Wildman–Crippen MR) is 58.6 cm³/mol. The van der Waals surface area contributed by atoms with Crippen LogP contribution in [-0.4, -0.2) is 18.1 Å². The summed E-state index contributed by atoms with van der Waals surface area (Å²) in [6.45, 7) is 0. The van der Waals surface area contributed by atoms with Crippen LogP contribution >= 0.6 is 11.8 Å². The van der Waals surface area contributed by atoms with Crippen molar-refractivity contribution in [3.63, 3.8) is 0 Å². The van der Waals surface area contributed by atoms with Crippen molar-refractivity contribution in [1.29, 1.82) is 0 Å². The van der Waals surface area contributed by atoms with Crippen LogP contribution in [0.4, 0.5) is 13.2 Å². The van der Waals surface area contributed by atoms with Gasteiger partial charge in [-0.05, 0) is 30.2 Å². The molecule has 0 bridgehead atoms. The average Bonchev–Trinajstić information content (AvgIpc) is 2.29. The van der Waals surface area contributed by atoms with Crippen LogP contribution in [0.1, 0.15) is 18.0 Å². The predicted octanol–water partition coefficient (Wildman–Crippen LogP) is 2.74. The summed E-state index contributed by atoms with van der Waals surface area (Å²) < 4.78 is 37.4. The Morgan fingerprint density at radius 2 is 2.24 bits per heavy atom. The minimum atomic E-state index is -3.04. The van der Waals surface area contributed by atoms with E-state index < -0.39 is 24.2 Å². The molecule has 0 saturated carbocycles. The molecule has 0 radical (unpaired) electrons. The normalized spacial score (nSPS) is 18.9. The van der Waals surface area contributed by atoms with Crippen molar-refractivity contribution >= 4 is 17.7 Å². The van der Waals surface area contributed by atoms with Gasteiger partial charge in [0.2, 0.25) is 0 Å². The van der Waals surface area contributed by atoms with E-state index in [1.807, 2.05) is 0 Å². The van der Waals surface area contributed by atoms with Crippen LogP contribution in [0, 0.1) is 5.82 Å². The molecule has 17 heavy (non-hydrogen) atoms. The molecule has 0 saturated heterocycles. The van der Waals surface area contributed by atoms with Crippen molar-refractivity contribution in [3.8, 4) is 0 Å². The van der Waals surface area contributed by atoms with E-state index in [1.165, 1.54) is 23.9 Å². The standard InChI is InChI=1S/C11H10F3NOS/c12-6-1-2-9-7(5-6)8(3-4-17-9)15-11(16)10(13)14/h1-2,5,8,10H,3-4H2,(H,15,16). The van der Waals surface area contributed by atoms with Crippen LogP contribution in [-0.2, 0) is 4.79 Å². The highest BCUT2D eigenvalue weighted by Gasteiger charge is 2.25. The van der Waals surface area contributed by atoms with Gasteiger partial charge in [0.1, 0.15) is 5.82 Å². The number of carbonyl (C=O) groups is 1. The number of alkyl halides is 2. The number of hydrogen-bond acceptors (Lipinski definition) is 2. The van der Waals surface area contributed by atoms with Gasteiger partial charge in [0.05, 0.1) is 6.04 Å². The summed E-state index contributed by atoms with van der Waals surface area (Å²) >= 11 is 1.53. The van der Waals surface area contributed by atoms with Crippen molar-refractivity contribution in [2.75, 3.05) is 5.75 Å². The first-order valence-electron chi connectivity index (χ1n) is 5.08. The van der Waals surface area contributed by atoms with Crippen LogP contribution in [0.2, 0.25) is 0 Å². The quantitative estimate of drug-likeness (QED) is 0.887. The second kappa shape index (κ2) is 5.00. The third kappa shape index (κ3) is 2.74. The van der Waals surface area contributed by atoms with Gasteiger partial charge in [0, 0.05) is 10.6 Å². The molecule has 1 atom stereocenters. The first kappa shape index (κ1) is 12.3. The van der Waals surface area contributed by atoms with Gasteiger partial charge in [-0.2, -0.15) is 8.78 Å². The molecule has 1 N–H and O–H groups in total. The molecule has 0 fully saturated rings. The zero-order chi connectivity index (χ0) is 12.4. The third-order valence-electron chi connectivity index (χ3n) is 2.53. The van der Waals surface area contributed by atoms with Crippen molar-refractivity contribution < 1.29 is 18.0 Å². The third-order valence-corrected chi connectivity index (χ3v) is 3.65. The van der Waals surface area contributed by atoms with E-state index in [1.54, 1.807) is 6.07 Å². The second-order valence-corrected chi connectivity index (χ2v) is 4.82. The minimum Gasteiger partial charge on any atom is -0.344 e. The molecule has 1 aromatic rings. The highest BCUT2D eigenvalue weighted by Crippen LogP contribution is 2.36. The van der Waals surface area contributed by atoms with E-state index in [4.69, 9.17) is 0 Å². The number of amides is 1. The topological polar surface area (TPSA) is 29.1 Å².